The van der Waals surface area contributed by atoms with Crippen LogP contribution in [0.3, 0.4) is 0 Å². The van der Waals surface area contributed by atoms with Crippen LogP contribution >= 0.6 is 11.3 Å². The number of hydrogen-bond acceptors (Lipinski definition) is 6. The Morgan fingerprint density at radius 1 is 1.00 bits per heavy atom. The fraction of sp³-hybridized carbons (Fsp3) is 0.571. The molecule has 1 saturated carbocycles. The van der Waals surface area contributed by atoms with Crippen LogP contribution in [-0.4, -0.2) is 61.3 Å². The van der Waals surface area contributed by atoms with Crippen LogP contribution in [0, 0.1) is 0 Å². The third kappa shape index (κ3) is 4.14. The molecule has 28 heavy (non-hydrogen) atoms. The lowest BCUT2D eigenvalue weighted by molar-refractivity contribution is 0.0747. The van der Waals surface area contributed by atoms with Gasteiger partial charge in [-0.1, -0.05) is 30.6 Å². The van der Waals surface area contributed by atoms with Crippen molar-refractivity contribution in [2.24, 2.45) is 0 Å². The highest BCUT2D eigenvalue weighted by Gasteiger charge is 2.26. The molecule has 2 heterocycles. The van der Waals surface area contributed by atoms with Crippen molar-refractivity contribution in [2.45, 2.75) is 38.0 Å². The number of anilines is 2. The van der Waals surface area contributed by atoms with Crippen LogP contribution in [0.2, 0.25) is 0 Å². The van der Waals surface area contributed by atoms with Gasteiger partial charge in [-0.25, -0.2) is 0 Å². The van der Waals surface area contributed by atoms with Crippen molar-refractivity contribution >= 4 is 28.1 Å². The molecule has 1 aromatic carbocycles. The van der Waals surface area contributed by atoms with E-state index >= 15 is 0 Å². The number of amides is 1. The third-order valence-corrected chi connectivity index (χ3v) is 7.00. The Hall–Kier alpha value is -2.15. The van der Waals surface area contributed by atoms with E-state index in [1.807, 2.05) is 48.2 Å². The zero-order chi connectivity index (χ0) is 19.5. The summed E-state index contributed by atoms with van der Waals surface area (Å²) in [6.45, 7) is 3.10. The maximum absolute atomic E-state index is 12.8. The first-order valence-electron chi connectivity index (χ1n) is 10.3. The van der Waals surface area contributed by atoms with Gasteiger partial charge in [0, 0.05) is 57.4 Å². The predicted octanol–water partition coefficient (Wildman–Crippen LogP) is 3.61. The van der Waals surface area contributed by atoms with Gasteiger partial charge in [-0.05, 0) is 37.1 Å². The van der Waals surface area contributed by atoms with E-state index in [0.29, 0.717) is 5.92 Å². The topological polar surface area (TPSA) is 52.6 Å². The van der Waals surface area contributed by atoms with Crippen molar-refractivity contribution in [1.82, 2.24) is 15.1 Å². The van der Waals surface area contributed by atoms with Gasteiger partial charge < -0.3 is 14.7 Å². The molecule has 2 aromatic rings. The fourth-order valence-corrected chi connectivity index (χ4v) is 5.12. The SMILES string of the molecule is CN(C)c1ccc(C(=O)N2CCN(c3nnc(C4CCCCC4)s3)CC2)cc1. The van der Waals surface area contributed by atoms with Crippen LogP contribution in [0.5, 0.6) is 0 Å². The standard InChI is InChI=1S/C21H29N5OS/c1-24(2)18-10-8-17(9-11-18)20(27)25-12-14-26(15-13-25)21-23-22-19(28-21)16-6-4-3-5-7-16/h8-11,16H,3-7,12-15H2,1-2H3. The summed E-state index contributed by atoms with van der Waals surface area (Å²) in [5.41, 5.74) is 1.86. The molecule has 0 spiro atoms. The van der Waals surface area contributed by atoms with E-state index in [1.165, 1.54) is 37.1 Å². The summed E-state index contributed by atoms with van der Waals surface area (Å²) in [4.78, 5) is 19.1. The number of hydrogen-bond donors (Lipinski definition) is 0. The van der Waals surface area contributed by atoms with Gasteiger partial charge in [0.15, 0.2) is 0 Å². The maximum Gasteiger partial charge on any atom is 0.253 e. The van der Waals surface area contributed by atoms with Gasteiger partial charge in [0.1, 0.15) is 5.01 Å². The molecule has 150 valence electrons. The van der Waals surface area contributed by atoms with Crippen molar-refractivity contribution in [2.75, 3.05) is 50.1 Å². The van der Waals surface area contributed by atoms with Crippen LogP contribution in [0.1, 0.15) is 53.4 Å². The van der Waals surface area contributed by atoms with E-state index < -0.39 is 0 Å². The highest BCUT2D eigenvalue weighted by Crippen LogP contribution is 2.36. The molecule has 1 aliphatic heterocycles. The molecule has 0 unspecified atom stereocenters. The molecule has 0 N–H and O–H groups in total. The Labute approximate surface area is 171 Å². The smallest absolute Gasteiger partial charge is 0.253 e. The van der Waals surface area contributed by atoms with Crippen LogP contribution in [0.4, 0.5) is 10.8 Å². The highest BCUT2D eigenvalue weighted by molar-refractivity contribution is 7.15. The molecule has 4 rings (SSSR count). The molecule has 1 saturated heterocycles. The summed E-state index contributed by atoms with van der Waals surface area (Å²) >= 11 is 1.75. The monoisotopic (exact) mass is 399 g/mol. The minimum absolute atomic E-state index is 0.116. The average molecular weight is 400 g/mol. The Morgan fingerprint density at radius 2 is 1.68 bits per heavy atom. The summed E-state index contributed by atoms with van der Waals surface area (Å²) in [5, 5.41) is 11.2. The number of carbonyl (C=O) groups is 1. The molecule has 0 bridgehead atoms. The molecule has 2 aliphatic rings. The zero-order valence-corrected chi connectivity index (χ0v) is 17.6. The van der Waals surface area contributed by atoms with E-state index in [2.05, 4.69) is 15.1 Å². The van der Waals surface area contributed by atoms with E-state index in [-0.39, 0.29) is 5.91 Å². The zero-order valence-electron chi connectivity index (χ0n) is 16.8. The molecule has 2 fully saturated rings. The van der Waals surface area contributed by atoms with Gasteiger partial charge in [-0.2, -0.15) is 0 Å². The molecule has 1 aromatic heterocycles. The van der Waals surface area contributed by atoms with Crippen LogP contribution in [0.25, 0.3) is 0 Å². The van der Waals surface area contributed by atoms with Crippen molar-refractivity contribution in [1.29, 1.82) is 0 Å². The number of carbonyl (C=O) groups excluding carboxylic acids is 1. The highest BCUT2D eigenvalue weighted by atomic mass is 32.1. The number of benzene rings is 1. The largest absolute Gasteiger partial charge is 0.378 e. The number of piperazine rings is 1. The van der Waals surface area contributed by atoms with Crippen molar-refractivity contribution < 1.29 is 4.79 Å². The van der Waals surface area contributed by atoms with Gasteiger partial charge in [0.05, 0.1) is 0 Å². The molecular formula is C21H29N5OS. The minimum atomic E-state index is 0.116. The predicted molar refractivity (Wildman–Crippen MR) is 115 cm³/mol. The van der Waals surface area contributed by atoms with Crippen molar-refractivity contribution in [3.8, 4) is 0 Å². The molecule has 0 atom stereocenters. The van der Waals surface area contributed by atoms with Gasteiger partial charge in [-0.3, -0.25) is 4.79 Å². The lowest BCUT2D eigenvalue weighted by atomic mass is 9.90. The number of nitrogens with zero attached hydrogens (tertiary/aromatic N) is 5. The summed E-state index contributed by atoms with van der Waals surface area (Å²) < 4.78 is 0. The lowest BCUT2D eigenvalue weighted by Crippen LogP contribution is -2.48. The first-order valence-corrected chi connectivity index (χ1v) is 11.1. The summed E-state index contributed by atoms with van der Waals surface area (Å²) in [7, 11) is 4.01. The summed E-state index contributed by atoms with van der Waals surface area (Å²) in [6, 6.07) is 7.84. The Balaban J connectivity index is 1.34. The Kier molecular flexibility index (Phi) is 5.80. The molecule has 1 amide bonds. The normalized spacial score (nSPS) is 18.4. The van der Waals surface area contributed by atoms with Crippen molar-refractivity contribution in [3.05, 3.63) is 34.8 Å². The third-order valence-electron chi connectivity index (χ3n) is 5.85. The van der Waals surface area contributed by atoms with Crippen LogP contribution in [-0.2, 0) is 0 Å². The van der Waals surface area contributed by atoms with Gasteiger partial charge in [0.2, 0.25) is 5.13 Å². The molecule has 7 heteroatoms. The van der Waals surface area contributed by atoms with E-state index in [4.69, 9.17) is 0 Å². The van der Waals surface area contributed by atoms with E-state index in [1.54, 1.807) is 11.3 Å². The Morgan fingerprint density at radius 3 is 2.32 bits per heavy atom. The summed E-state index contributed by atoms with van der Waals surface area (Å²) in [6.07, 6.45) is 6.49. The minimum Gasteiger partial charge on any atom is -0.378 e. The van der Waals surface area contributed by atoms with Crippen molar-refractivity contribution in [3.63, 3.8) is 0 Å². The summed E-state index contributed by atoms with van der Waals surface area (Å²) in [5.74, 6) is 0.720. The molecule has 1 aliphatic carbocycles. The fourth-order valence-electron chi connectivity index (χ4n) is 4.05. The number of aromatic nitrogens is 2. The quantitative estimate of drug-likeness (QED) is 0.786. The second-order valence-electron chi connectivity index (χ2n) is 7.98. The second kappa shape index (κ2) is 8.47. The molecule has 0 radical (unpaired) electrons. The Bertz CT molecular complexity index is 789. The van der Waals surface area contributed by atoms with E-state index in [0.717, 1.165) is 42.6 Å². The van der Waals surface area contributed by atoms with Gasteiger partial charge >= 0.3 is 0 Å². The maximum atomic E-state index is 12.8. The first-order chi connectivity index (χ1) is 13.6. The van der Waals surface area contributed by atoms with Gasteiger partial charge in [-0.15, -0.1) is 10.2 Å². The van der Waals surface area contributed by atoms with Gasteiger partial charge in [0.25, 0.3) is 5.91 Å². The van der Waals surface area contributed by atoms with Crippen LogP contribution < -0.4 is 9.80 Å². The average Bonchev–Trinajstić information content (AvgIpc) is 3.24. The molecular weight excluding hydrogens is 370 g/mol. The second-order valence-corrected chi connectivity index (χ2v) is 8.97. The van der Waals surface area contributed by atoms with Crippen LogP contribution in [0.15, 0.2) is 24.3 Å². The molecule has 6 nitrogen and oxygen atoms in total. The first kappa shape index (κ1) is 19.2. The number of rotatable bonds is 4. The lowest BCUT2D eigenvalue weighted by Gasteiger charge is -2.34. The van der Waals surface area contributed by atoms with E-state index in [9.17, 15) is 4.79 Å².